The first-order chi connectivity index (χ1) is 5.85. The first kappa shape index (κ1) is 11.9. The summed E-state index contributed by atoms with van der Waals surface area (Å²) >= 11 is 0. The lowest BCUT2D eigenvalue weighted by molar-refractivity contribution is 0.0830. The lowest BCUT2D eigenvalue weighted by Gasteiger charge is -2.17. The minimum absolute atomic E-state index is 0.0225. The molecular weight excluding hydrogens is 154 g/mol. The molecule has 0 saturated heterocycles. The number of hydrogen-bond acceptors (Lipinski definition) is 2. The van der Waals surface area contributed by atoms with Crippen LogP contribution in [0.3, 0.4) is 0 Å². The van der Waals surface area contributed by atoms with Crippen LogP contribution in [0.25, 0.3) is 0 Å². The Bertz CT molecular complexity index is 84.6. The van der Waals surface area contributed by atoms with Crippen molar-refractivity contribution < 1.29 is 9.84 Å². The third kappa shape index (κ3) is 6.58. The fourth-order valence-corrected chi connectivity index (χ4v) is 0.997. The van der Waals surface area contributed by atoms with Crippen molar-refractivity contribution in [2.24, 2.45) is 0 Å². The monoisotopic (exact) mass is 174 g/mol. The molecule has 73 valence electrons. The van der Waals surface area contributed by atoms with Crippen LogP contribution in [0.2, 0.25) is 0 Å². The summed E-state index contributed by atoms with van der Waals surface area (Å²) in [6.07, 6.45) is 0.637. The van der Waals surface area contributed by atoms with Gasteiger partial charge in [0.1, 0.15) is 0 Å². The molecule has 12 heavy (non-hydrogen) atoms. The molecule has 0 aliphatic rings. The molecule has 0 fully saturated rings. The molecule has 0 N–H and O–H groups in total. The fraction of sp³-hybridized carbons (Fsp3) is 1.00. The van der Waals surface area contributed by atoms with Crippen LogP contribution in [0.4, 0.5) is 0 Å². The fourth-order valence-electron chi connectivity index (χ4n) is 0.997. The second kappa shape index (κ2) is 8.97. The highest BCUT2D eigenvalue weighted by atomic mass is 16.5. The quantitative estimate of drug-likeness (QED) is 0.517. The van der Waals surface area contributed by atoms with Gasteiger partial charge in [0.2, 0.25) is 0 Å². The molecule has 0 aromatic carbocycles. The van der Waals surface area contributed by atoms with Gasteiger partial charge in [-0.25, -0.2) is 5.11 Å². The molecule has 0 saturated carbocycles. The van der Waals surface area contributed by atoms with E-state index >= 15 is 0 Å². The third-order valence-corrected chi connectivity index (χ3v) is 1.88. The van der Waals surface area contributed by atoms with Gasteiger partial charge < -0.3 is 9.64 Å². The van der Waals surface area contributed by atoms with Crippen LogP contribution in [0, 0.1) is 0 Å². The van der Waals surface area contributed by atoms with Crippen LogP contribution in [0.1, 0.15) is 20.3 Å². The van der Waals surface area contributed by atoms with Crippen molar-refractivity contribution in [3.05, 3.63) is 0 Å². The number of nitrogens with zero attached hydrogens (tertiary/aromatic N) is 1. The molecule has 0 bridgehead atoms. The van der Waals surface area contributed by atoms with E-state index in [0.29, 0.717) is 13.0 Å². The summed E-state index contributed by atoms with van der Waals surface area (Å²) in [5.74, 6) is 0. The second-order valence-corrected chi connectivity index (χ2v) is 2.70. The predicted octanol–water partition coefficient (Wildman–Crippen LogP) is 1.17. The van der Waals surface area contributed by atoms with Crippen LogP contribution in [0.15, 0.2) is 0 Å². The van der Waals surface area contributed by atoms with Crippen molar-refractivity contribution in [1.82, 2.24) is 4.90 Å². The van der Waals surface area contributed by atoms with E-state index in [1.807, 2.05) is 0 Å². The summed E-state index contributed by atoms with van der Waals surface area (Å²) in [6.45, 7) is 8.74. The average molecular weight is 174 g/mol. The summed E-state index contributed by atoms with van der Waals surface area (Å²) < 4.78 is 5.27. The predicted molar refractivity (Wildman–Crippen MR) is 48.8 cm³/mol. The van der Waals surface area contributed by atoms with E-state index in [9.17, 15) is 5.11 Å². The highest BCUT2D eigenvalue weighted by Gasteiger charge is 1.97. The molecule has 0 amide bonds. The van der Waals surface area contributed by atoms with E-state index in [-0.39, 0.29) is 6.61 Å². The highest BCUT2D eigenvalue weighted by molar-refractivity contribution is 4.49. The summed E-state index contributed by atoms with van der Waals surface area (Å²) in [6, 6.07) is 0. The molecule has 3 heteroatoms. The molecule has 0 heterocycles. The first-order valence-electron chi connectivity index (χ1n) is 4.73. The molecule has 0 aromatic heterocycles. The highest BCUT2D eigenvalue weighted by Crippen LogP contribution is 1.87. The first-order valence-corrected chi connectivity index (χ1v) is 4.73. The van der Waals surface area contributed by atoms with Gasteiger partial charge in [-0.1, -0.05) is 13.8 Å². The second-order valence-electron chi connectivity index (χ2n) is 2.70. The Morgan fingerprint density at radius 1 is 1.17 bits per heavy atom. The Morgan fingerprint density at radius 2 is 1.83 bits per heavy atom. The minimum atomic E-state index is -0.0225. The van der Waals surface area contributed by atoms with Crippen molar-refractivity contribution >= 4 is 0 Å². The molecular formula is C9H20NO2. The average Bonchev–Trinajstić information content (AvgIpc) is 2.11. The molecule has 0 spiro atoms. The van der Waals surface area contributed by atoms with Crippen molar-refractivity contribution in [3.8, 4) is 0 Å². The summed E-state index contributed by atoms with van der Waals surface area (Å²) in [5.41, 5.74) is 0. The van der Waals surface area contributed by atoms with Gasteiger partial charge in [0.15, 0.2) is 0 Å². The van der Waals surface area contributed by atoms with E-state index in [1.54, 1.807) is 0 Å². The van der Waals surface area contributed by atoms with Crippen LogP contribution in [-0.2, 0) is 9.84 Å². The smallest absolute Gasteiger partial charge is 0.0844 e. The molecule has 0 atom stereocenters. The summed E-state index contributed by atoms with van der Waals surface area (Å²) in [5, 5.41) is 10.0. The van der Waals surface area contributed by atoms with E-state index < -0.39 is 0 Å². The van der Waals surface area contributed by atoms with Crippen molar-refractivity contribution in [3.63, 3.8) is 0 Å². The van der Waals surface area contributed by atoms with Gasteiger partial charge >= 0.3 is 0 Å². The van der Waals surface area contributed by atoms with Gasteiger partial charge in [-0.2, -0.15) is 0 Å². The van der Waals surface area contributed by atoms with Crippen molar-refractivity contribution in [2.75, 3.05) is 39.5 Å². The zero-order valence-electron chi connectivity index (χ0n) is 8.21. The van der Waals surface area contributed by atoms with Gasteiger partial charge in [-0.15, -0.1) is 0 Å². The molecule has 0 aromatic rings. The Balaban J connectivity index is 3.06. The molecule has 0 unspecified atom stereocenters. The maximum atomic E-state index is 10.0. The Labute approximate surface area is 75.3 Å². The van der Waals surface area contributed by atoms with E-state index in [4.69, 9.17) is 4.74 Å². The van der Waals surface area contributed by atoms with E-state index in [0.717, 1.165) is 26.2 Å². The maximum Gasteiger partial charge on any atom is 0.0844 e. The maximum absolute atomic E-state index is 10.0. The van der Waals surface area contributed by atoms with Crippen LogP contribution >= 0.6 is 0 Å². The Kier molecular flexibility index (Phi) is 8.88. The van der Waals surface area contributed by atoms with Gasteiger partial charge in [-0.05, 0) is 19.5 Å². The number of rotatable bonds is 8. The lowest BCUT2D eigenvalue weighted by Crippen LogP contribution is -2.27. The largest absolute Gasteiger partial charge is 0.380 e. The topological polar surface area (TPSA) is 32.4 Å². The third-order valence-electron chi connectivity index (χ3n) is 1.88. The molecule has 0 rings (SSSR count). The van der Waals surface area contributed by atoms with E-state index in [1.165, 1.54) is 0 Å². The minimum Gasteiger partial charge on any atom is -0.380 e. The zero-order valence-corrected chi connectivity index (χ0v) is 8.21. The van der Waals surface area contributed by atoms with Crippen LogP contribution in [-0.4, -0.2) is 44.4 Å². The Morgan fingerprint density at radius 3 is 2.33 bits per heavy atom. The molecule has 1 radical (unpaired) electrons. The molecule has 0 aliphatic heterocycles. The number of ether oxygens (including phenoxy) is 1. The van der Waals surface area contributed by atoms with Crippen molar-refractivity contribution in [2.45, 2.75) is 20.3 Å². The summed E-state index contributed by atoms with van der Waals surface area (Å²) in [7, 11) is 0. The van der Waals surface area contributed by atoms with Crippen molar-refractivity contribution in [1.29, 1.82) is 0 Å². The number of hydrogen-bond donors (Lipinski definition) is 0. The normalized spacial score (nSPS) is 11.0. The van der Waals surface area contributed by atoms with Gasteiger partial charge in [-0.3, -0.25) is 0 Å². The summed E-state index contributed by atoms with van der Waals surface area (Å²) in [4.78, 5) is 2.30. The van der Waals surface area contributed by atoms with Crippen LogP contribution in [0.5, 0.6) is 0 Å². The van der Waals surface area contributed by atoms with E-state index in [2.05, 4.69) is 18.7 Å². The van der Waals surface area contributed by atoms with Gasteiger partial charge in [0.05, 0.1) is 13.2 Å². The Hall–Kier alpha value is -0.120. The SMILES string of the molecule is CCN(CC)CCOCCC[O]. The van der Waals surface area contributed by atoms with Crippen LogP contribution < -0.4 is 0 Å². The molecule has 3 nitrogen and oxygen atoms in total. The zero-order chi connectivity index (χ0) is 9.23. The number of likely N-dealkylation sites (N-methyl/N-ethyl adjacent to an activating group) is 1. The van der Waals surface area contributed by atoms with Gasteiger partial charge in [0.25, 0.3) is 0 Å². The molecule has 0 aliphatic carbocycles. The lowest BCUT2D eigenvalue weighted by atomic mass is 10.5. The van der Waals surface area contributed by atoms with Gasteiger partial charge in [0, 0.05) is 13.2 Å². The standard InChI is InChI=1S/C9H20NO2/c1-3-10(4-2)6-9-12-8-5-7-11/h3-9H2,1-2H3.